The average Bonchev–Trinajstić information content (AvgIpc) is 3.02. The Labute approximate surface area is 187 Å². The van der Waals surface area contributed by atoms with Crippen molar-refractivity contribution in [1.29, 1.82) is 0 Å². The van der Waals surface area contributed by atoms with E-state index in [1.54, 1.807) is 30.3 Å². The Bertz CT molecular complexity index is 1050. The number of hydrogen-bond donors (Lipinski definition) is 0. The van der Waals surface area contributed by atoms with E-state index in [4.69, 9.17) is 28.1 Å². The van der Waals surface area contributed by atoms with Crippen molar-refractivity contribution in [3.63, 3.8) is 0 Å². The molecule has 7 heteroatoms. The molecule has 2 aromatic carbocycles. The van der Waals surface area contributed by atoms with Crippen LogP contribution in [0.4, 0.5) is 5.69 Å². The highest BCUT2D eigenvalue weighted by atomic mass is 32.1. The van der Waals surface area contributed by atoms with Crippen molar-refractivity contribution >= 4 is 41.0 Å². The topological polar surface area (TPSA) is 59.1 Å². The lowest BCUT2D eigenvalue weighted by atomic mass is 10.1. The van der Waals surface area contributed by atoms with E-state index in [2.05, 4.69) is 12.8 Å². The van der Waals surface area contributed by atoms with E-state index < -0.39 is 5.97 Å². The molecule has 0 aromatic heterocycles. The predicted molar refractivity (Wildman–Crippen MR) is 123 cm³/mol. The van der Waals surface area contributed by atoms with Crippen LogP contribution in [0.25, 0.3) is 6.08 Å². The molecule has 1 heterocycles. The van der Waals surface area contributed by atoms with Crippen molar-refractivity contribution in [2.75, 3.05) is 25.2 Å². The number of terminal acetylenes is 1. The summed E-state index contributed by atoms with van der Waals surface area (Å²) in [6.07, 6.45) is 7.78. The summed E-state index contributed by atoms with van der Waals surface area (Å²) in [5, 5.41) is 0.222. The van der Waals surface area contributed by atoms with Gasteiger partial charge in [-0.05, 0) is 60.1 Å². The Morgan fingerprint density at radius 3 is 2.42 bits per heavy atom. The molecule has 0 spiro atoms. The molecule has 1 saturated heterocycles. The molecule has 1 aliphatic heterocycles. The number of methoxy groups -OCH3 is 1. The van der Waals surface area contributed by atoms with Crippen LogP contribution in [0.2, 0.25) is 0 Å². The second-order valence-corrected chi connectivity index (χ2v) is 7.06. The maximum Gasteiger partial charge on any atom is 0.325 e. The summed E-state index contributed by atoms with van der Waals surface area (Å²) in [6, 6.07) is 14.7. The van der Waals surface area contributed by atoms with Gasteiger partial charge in [0.2, 0.25) is 0 Å². The molecule has 0 unspecified atom stereocenters. The first kappa shape index (κ1) is 22.1. The minimum absolute atomic E-state index is 0.167. The van der Waals surface area contributed by atoms with Gasteiger partial charge in [0.1, 0.15) is 24.6 Å². The third-order valence-corrected chi connectivity index (χ3v) is 5.16. The smallest absolute Gasteiger partial charge is 0.325 e. The summed E-state index contributed by atoms with van der Waals surface area (Å²) in [5.41, 5.74) is 2.82. The molecule has 31 heavy (non-hydrogen) atoms. The van der Waals surface area contributed by atoms with Gasteiger partial charge in [0.25, 0.3) is 5.91 Å². The molecule has 0 atom stereocenters. The summed E-state index contributed by atoms with van der Waals surface area (Å²) in [5.74, 6) is 2.22. The lowest BCUT2D eigenvalue weighted by Gasteiger charge is -2.19. The molecule has 0 radical (unpaired) electrons. The number of hydrogen-bond acceptors (Lipinski definition) is 5. The summed E-state index contributed by atoms with van der Waals surface area (Å²) in [7, 11) is 1.29. The van der Waals surface area contributed by atoms with Crippen LogP contribution < -0.4 is 9.64 Å². The van der Waals surface area contributed by atoms with Crippen molar-refractivity contribution in [3.8, 4) is 18.1 Å². The molecule has 158 valence electrons. The van der Waals surface area contributed by atoms with E-state index in [0.29, 0.717) is 11.4 Å². The highest BCUT2D eigenvalue weighted by molar-refractivity contribution is 7.80. The average molecular weight is 435 g/mol. The van der Waals surface area contributed by atoms with Crippen molar-refractivity contribution < 1.29 is 19.1 Å². The van der Waals surface area contributed by atoms with Crippen molar-refractivity contribution in [3.05, 3.63) is 65.4 Å². The van der Waals surface area contributed by atoms with Gasteiger partial charge < -0.3 is 14.4 Å². The maximum atomic E-state index is 13.3. The molecule has 0 N–H and O–H groups in total. The molecule has 2 aromatic rings. The number of amides is 1. The Balaban J connectivity index is 1.95. The molecule has 1 amide bonds. The number of nitrogens with zero attached hydrogens (tertiary/aromatic N) is 2. The first-order valence-corrected chi connectivity index (χ1v) is 10.1. The SMILES string of the molecule is C#CCOc1ccc(/C=C2/C(=O)N(c3ccc(CC)cc3)C(=S)N2CC(=O)OC)cc1. The molecule has 0 saturated carbocycles. The molecular formula is C24H22N2O4S. The van der Waals surface area contributed by atoms with Crippen LogP contribution in [0.15, 0.2) is 54.2 Å². The molecule has 3 rings (SSSR count). The maximum absolute atomic E-state index is 13.3. The van der Waals surface area contributed by atoms with Crippen LogP contribution in [0.3, 0.4) is 0 Å². The predicted octanol–water partition coefficient (Wildman–Crippen LogP) is 3.41. The highest BCUT2D eigenvalue weighted by Gasteiger charge is 2.40. The van der Waals surface area contributed by atoms with E-state index in [0.717, 1.165) is 17.5 Å². The highest BCUT2D eigenvalue weighted by Crippen LogP contribution is 2.29. The number of anilines is 1. The molecular weight excluding hydrogens is 412 g/mol. The van der Waals surface area contributed by atoms with E-state index in [1.807, 2.05) is 24.3 Å². The van der Waals surface area contributed by atoms with Gasteiger partial charge in [0, 0.05) is 0 Å². The molecule has 0 aliphatic carbocycles. The van der Waals surface area contributed by atoms with Gasteiger partial charge in [0.15, 0.2) is 5.11 Å². The fraction of sp³-hybridized carbons (Fsp3) is 0.208. The van der Waals surface area contributed by atoms with E-state index >= 15 is 0 Å². The summed E-state index contributed by atoms with van der Waals surface area (Å²) in [6.45, 7) is 2.06. The van der Waals surface area contributed by atoms with E-state index in [9.17, 15) is 9.59 Å². The lowest BCUT2D eigenvalue weighted by molar-refractivity contribution is -0.140. The summed E-state index contributed by atoms with van der Waals surface area (Å²) < 4.78 is 10.2. The van der Waals surface area contributed by atoms with Crippen molar-refractivity contribution in [1.82, 2.24) is 4.90 Å². The van der Waals surface area contributed by atoms with Gasteiger partial charge in [-0.3, -0.25) is 14.5 Å². The van der Waals surface area contributed by atoms with Gasteiger partial charge in [-0.1, -0.05) is 37.1 Å². The van der Waals surface area contributed by atoms with Crippen LogP contribution >= 0.6 is 12.2 Å². The molecule has 0 bridgehead atoms. The Morgan fingerprint density at radius 1 is 1.16 bits per heavy atom. The number of carbonyl (C=O) groups excluding carboxylic acids is 2. The fourth-order valence-electron chi connectivity index (χ4n) is 3.08. The summed E-state index contributed by atoms with van der Waals surface area (Å²) >= 11 is 5.55. The normalized spacial score (nSPS) is 14.7. The van der Waals surface area contributed by atoms with Crippen molar-refractivity contribution in [2.24, 2.45) is 0 Å². The third kappa shape index (κ3) is 4.93. The number of rotatable bonds is 7. The molecule has 1 aliphatic rings. The minimum atomic E-state index is -0.498. The van der Waals surface area contributed by atoms with Crippen LogP contribution in [0.5, 0.6) is 5.75 Å². The number of esters is 1. The first-order valence-electron chi connectivity index (χ1n) is 9.68. The van der Waals surface area contributed by atoms with E-state index in [-0.39, 0.29) is 29.9 Å². The standard InChI is InChI=1S/C24H22N2O4S/c1-4-14-30-20-12-8-18(9-13-20)15-21-23(28)26(19-10-6-17(5-2)7-11-19)24(31)25(21)16-22(27)29-3/h1,6-13,15H,5,14,16H2,2-3H3/b21-15-. The van der Waals surface area contributed by atoms with Crippen LogP contribution in [-0.2, 0) is 20.7 Å². The monoisotopic (exact) mass is 434 g/mol. The van der Waals surface area contributed by atoms with Gasteiger partial charge in [-0.2, -0.15) is 0 Å². The van der Waals surface area contributed by atoms with Crippen LogP contribution in [0.1, 0.15) is 18.1 Å². The van der Waals surface area contributed by atoms with Crippen LogP contribution in [0, 0.1) is 12.3 Å². The second kappa shape index (κ2) is 9.92. The second-order valence-electron chi connectivity index (χ2n) is 6.70. The minimum Gasteiger partial charge on any atom is -0.481 e. The Morgan fingerprint density at radius 2 is 1.84 bits per heavy atom. The molecule has 1 fully saturated rings. The largest absolute Gasteiger partial charge is 0.481 e. The van der Waals surface area contributed by atoms with Crippen LogP contribution in [-0.4, -0.2) is 42.2 Å². The van der Waals surface area contributed by atoms with Gasteiger partial charge in [-0.15, -0.1) is 6.42 Å². The number of aryl methyl sites for hydroxylation is 1. The number of ether oxygens (including phenoxy) is 2. The van der Waals surface area contributed by atoms with Gasteiger partial charge in [-0.25, -0.2) is 0 Å². The number of benzene rings is 2. The Hall–Kier alpha value is -3.63. The Kier molecular flexibility index (Phi) is 7.06. The zero-order chi connectivity index (χ0) is 22.4. The number of carbonyl (C=O) groups is 2. The number of thiocarbonyl (C=S) groups is 1. The zero-order valence-electron chi connectivity index (χ0n) is 17.3. The summed E-state index contributed by atoms with van der Waals surface area (Å²) in [4.78, 5) is 28.2. The lowest BCUT2D eigenvalue weighted by Crippen LogP contribution is -2.35. The molecule has 6 nitrogen and oxygen atoms in total. The fourth-order valence-corrected chi connectivity index (χ4v) is 3.43. The quantitative estimate of drug-likeness (QED) is 0.288. The van der Waals surface area contributed by atoms with Gasteiger partial charge >= 0.3 is 5.97 Å². The van der Waals surface area contributed by atoms with Gasteiger partial charge in [0.05, 0.1) is 12.8 Å². The first-order chi connectivity index (χ1) is 15.0. The van der Waals surface area contributed by atoms with Crippen molar-refractivity contribution in [2.45, 2.75) is 13.3 Å². The zero-order valence-corrected chi connectivity index (χ0v) is 18.1. The third-order valence-electron chi connectivity index (χ3n) is 4.76. The van der Waals surface area contributed by atoms with E-state index in [1.165, 1.54) is 16.9 Å².